The molecule has 2 aromatic rings. The highest BCUT2D eigenvalue weighted by Crippen LogP contribution is 2.26. The average Bonchev–Trinajstić information content (AvgIpc) is 2.34. The van der Waals surface area contributed by atoms with E-state index >= 15 is 0 Å². The summed E-state index contributed by atoms with van der Waals surface area (Å²) in [4.78, 5) is 4.22. The van der Waals surface area contributed by atoms with Crippen molar-refractivity contribution in [2.75, 3.05) is 0 Å². The number of aryl methyl sites for hydroxylation is 2. The molecule has 18 heavy (non-hydrogen) atoms. The van der Waals surface area contributed by atoms with Crippen LogP contribution < -0.4 is 11.3 Å². The van der Waals surface area contributed by atoms with Crippen molar-refractivity contribution < 1.29 is 4.39 Å². The van der Waals surface area contributed by atoms with Crippen molar-refractivity contribution in [1.82, 2.24) is 10.4 Å². The molecule has 0 saturated heterocycles. The molecule has 3 N–H and O–H groups in total. The van der Waals surface area contributed by atoms with Gasteiger partial charge in [-0.2, -0.15) is 0 Å². The molecule has 0 aliphatic rings. The topological polar surface area (TPSA) is 50.9 Å². The van der Waals surface area contributed by atoms with Gasteiger partial charge in [-0.3, -0.25) is 10.8 Å². The molecule has 0 fully saturated rings. The molecule has 0 aliphatic heterocycles. The average molecular weight is 245 g/mol. The van der Waals surface area contributed by atoms with E-state index in [9.17, 15) is 4.39 Å². The zero-order valence-corrected chi connectivity index (χ0v) is 10.4. The maximum Gasteiger partial charge on any atom is 0.128 e. The molecule has 2 rings (SSSR count). The van der Waals surface area contributed by atoms with Gasteiger partial charge in [0.05, 0.1) is 11.7 Å². The number of rotatable bonds is 3. The minimum absolute atomic E-state index is 0.263. The van der Waals surface area contributed by atoms with Crippen molar-refractivity contribution in [3.63, 3.8) is 0 Å². The van der Waals surface area contributed by atoms with E-state index in [1.165, 1.54) is 6.07 Å². The Hall–Kier alpha value is -1.78. The number of benzene rings is 1. The molecule has 1 unspecified atom stereocenters. The van der Waals surface area contributed by atoms with E-state index in [1.807, 2.05) is 38.1 Å². The Morgan fingerprint density at radius 2 is 2.06 bits per heavy atom. The van der Waals surface area contributed by atoms with Gasteiger partial charge in [-0.15, -0.1) is 0 Å². The normalized spacial score (nSPS) is 12.4. The van der Waals surface area contributed by atoms with E-state index in [2.05, 4.69) is 10.4 Å². The second kappa shape index (κ2) is 5.25. The largest absolute Gasteiger partial charge is 0.271 e. The summed E-state index contributed by atoms with van der Waals surface area (Å²) >= 11 is 0. The Balaban J connectivity index is 2.52. The zero-order valence-electron chi connectivity index (χ0n) is 10.4. The van der Waals surface area contributed by atoms with Crippen LogP contribution in [0.4, 0.5) is 4.39 Å². The molecule has 0 saturated carbocycles. The lowest BCUT2D eigenvalue weighted by molar-refractivity contribution is 0.549. The highest BCUT2D eigenvalue weighted by Gasteiger charge is 2.20. The third-order valence-corrected chi connectivity index (χ3v) is 2.92. The van der Waals surface area contributed by atoms with Crippen LogP contribution in [0.1, 0.15) is 28.4 Å². The number of pyridine rings is 1. The molecular formula is C14H16FN3. The third kappa shape index (κ3) is 2.39. The summed E-state index contributed by atoms with van der Waals surface area (Å²) in [7, 11) is 0. The standard InChI is InChI=1S/C14H16FN3/c1-9-7-10(2)13(11(15)8-9)14(18-16)12-5-3-4-6-17-12/h3-8,14,18H,16H2,1-2H3. The molecule has 0 amide bonds. The Labute approximate surface area is 106 Å². The molecule has 0 aliphatic carbocycles. The number of aromatic nitrogens is 1. The van der Waals surface area contributed by atoms with Gasteiger partial charge in [0.1, 0.15) is 5.82 Å². The lowest BCUT2D eigenvalue weighted by Crippen LogP contribution is -2.30. The minimum Gasteiger partial charge on any atom is -0.271 e. The van der Waals surface area contributed by atoms with Crippen molar-refractivity contribution >= 4 is 0 Å². The Morgan fingerprint density at radius 1 is 1.28 bits per heavy atom. The quantitative estimate of drug-likeness (QED) is 0.645. The first-order chi connectivity index (χ1) is 8.63. The number of halogens is 1. The van der Waals surface area contributed by atoms with Gasteiger partial charge in [0.15, 0.2) is 0 Å². The summed E-state index contributed by atoms with van der Waals surface area (Å²) in [6, 6.07) is 8.50. The fourth-order valence-corrected chi connectivity index (χ4v) is 2.16. The second-order valence-electron chi connectivity index (χ2n) is 4.33. The highest BCUT2D eigenvalue weighted by atomic mass is 19.1. The van der Waals surface area contributed by atoms with Crippen molar-refractivity contribution in [1.29, 1.82) is 0 Å². The monoisotopic (exact) mass is 245 g/mol. The zero-order chi connectivity index (χ0) is 13.1. The highest BCUT2D eigenvalue weighted by molar-refractivity contribution is 5.38. The van der Waals surface area contributed by atoms with Crippen LogP contribution in [-0.4, -0.2) is 4.98 Å². The Morgan fingerprint density at radius 3 is 2.61 bits per heavy atom. The van der Waals surface area contributed by atoms with Crippen LogP contribution in [0, 0.1) is 19.7 Å². The molecule has 0 radical (unpaired) electrons. The maximum absolute atomic E-state index is 14.1. The van der Waals surface area contributed by atoms with Crippen LogP contribution in [0.15, 0.2) is 36.5 Å². The molecule has 94 valence electrons. The van der Waals surface area contributed by atoms with Gasteiger partial charge in [-0.1, -0.05) is 12.1 Å². The SMILES string of the molecule is Cc1cc(C)c(C(NN)c2ccccn2)c(F)c1. The molecule has 1 atom stereocenters. The van der Waals surface area contributed by atoms with Crippen molar-refractivity contribution in [2.24, 2.45) is 5.84 Å². The molecule has 4 heteroatoms. The van der Waals surface area contributed by atoms with E-state index in [1.54, 1.807) is 6.20 Å². The van der Waals surface area contributed by atoms with Crippen LogP contribution >= 0.6 is 0 Å². The molecule has 1 heterocycles. The van der Waals surface area contributed by atoms with Gasteiger partial charge in [-0.25, -0.2) is 9.82 Å². The fraction of sp³-hybridized carbons (Fsp3) is 0.214. The van der Waals surface area contributed by atoms with Gasteiger partial charge in [0.25, 0.3) is 0 Å². The second-order valence-corrected chi connectivity index (χ2v) is 4.33. The Kier molecular flexibility index (Phi) is 3.69. The summed E-state index contributed by atoms with van der Waals surface area (Å²) < 4.78 is 14.1. The number of hydrazine groups is 1. The summed E-state index contributed by atoms with van der Waals surface area (Å²) in [5.41, 5.74) is 5.63. The van der Waals surface area contributed by atoms with Crippen LogP contribution in [-0.2, 0) is 0 Å². The van der Waals surface area contributed by atoms with Crippen LogP contribution in [0.25, 0.3) is 0 Å². The predicted octanol–water partition coefficient (Wildman–Crippen LogP) is 2.39. The van der Waals surface area contributed by atoms with Gasteiger partial charge in [-0.05, 0) is 43.2 Å². The van der Waals surface area contributed by atoms with E-state index in [-0.39, 0.29) is 5.82 Å². The summed E-state index contributed by atoms with van der Waals surface area (Å²) in [5.74, 6) is 5.29. The third-order valence-electron chi connectivity index (χ3n) is 2.92. The molecular weight excluding hydrogens is 229 g/mol. The number of nitrogens with one attached hydrogen (secondary N) is 1. The summed E-state index contributed by atoms with van der Waals surface area (Å²) in [6.07, 6.45) is 1.67. The number of nitrogens with zero attached hydrogens (tertiary/aromatic N) is 1. The summed E-state index contributed by atoms with van der Waals surface area (Å²) in [6.45, 7) is 3.74. The molecule has 3 nitrogen and oxygen atoms in total. The van der Waals surface area contributed by atoms with Gasteiger partial charge < -0.3 is 0 Å². The van der Waals surface area contributed by atoms with Crippen molar-refractivity contribution in [2.45, 2.75) is 19.9 Å². The maximum atomic E-state index is 14.1. The van der Waals surface area contributed by atoms with E-state index < -0.39 is 6.04 Å². The fourth-order valence-electron chi connectivity index (χ4n) is 2.16. The Bertz CT molecular complexity index is 517. The minimum atomic E-state index is -0.438. The van der Waals surface area contributed by atoms with Crippen LogP contribution in [0.3, 0.4) is 0 Å². The van der Waals surface area contributed by atoms with Crippen molar-refractivity contribution in [3.05, 3.63) is 64.7 Å². The van der Waals surface area contributed by atoms with Crippen LogP contribution in [0.5, 0.6) is 0 Å². The first-order valence-electron chi connectivity index (χ1n) is 5.77. The van der Waals surface area contributed by atoms with E-state index in [4.69, 9.17) is 5.84 Å². The van der Waals surface area contributed by atoms with Gasteiger partial charge in [0.2, 0.25) is 0 Å². The number of hydrogen-bond donors (Lipinski definition) is 2. The van der Waals surface area contributed by atoms with Crippen molar-refractivity contribution in [3.8, 4) is 0 Å². The van der Waals surface area contributed by atoms with Gasteiger partial charge >= 0.3 is 0 Å². The molecule has 1 aromatic carbocycles. The van der Waals surface area contributed by atoms with Gasteiger partial charge in [0, 0.05) is 11.8 Å². The lowest BCUT2D eigenvalue weighted by Gasteiger charge is -2.19. The number of hydrogen-bond acceptors (Lipinski definition) is 3. The predicted molar refractivity (Wildman–Crippen MR) is 69.3 cm³/mol. The smallest absolute Gasteiger partial charge is 0.128 e. The molecule has 0 spiro atoms. The number of nitrogens with two attached hydrogens (primary N) is 1. The van der Waals surface area contributed by atoms with Crippen LogP contribution in [0.2, 0.25) is 0 Å². The van der Waals surface area contributed by atoms with E-state index in [0.29, 0.717) is 11.3 Å². The lowest BCUT2D eigenvalue weighted by atomic mass is 9.96. The summed E-state index contributed by atoms with van der Waals surface area (Å²) in [5, 5.41) is 0. The first kappa shape index (κ1) is 12.7. The van der Waals surface area contributed by atoms with E-state index in [0.717, 1.165) is 11.1 Å². The molecule has 0 bridgehead atoms. The first-order valence-corrected chi connectivity index (χ1v) is 5.77. The molecule has 1 aromatic heterocycles.